The van der Waals surface area contributed by atoms with Crippen LogP contribution in [-0.4, -0.2) is 52.1 Å². The van der Waals surface area contributed by atoms with Crippen molar-refractivity contribution in [2.24, 2.45) is 11.7 Å². The summed E-state index contributed by atoms with van der Waals surface area (Å²) in [6.07, 6.45) is 3.26. The van der Waals surface area contributed by atoms with Gasteiger partial charge >= 0.3 is 0 Å². The summed E-state index contributed by atoms with van der Waals surface area (Å²) in [5, 5.41) is 3.61. The first-order chi connectivity index (χ1) is 17.2. The molecule has 1 aromatic heterocycles. The maximum absolute atomic E-state index is 13.4. The second-order valence-electron chi connectivity index (χ2n) is 8.96. The van der Waals surface area contributed by atoms with Gasteiger partial charge in [0.15, 0.2) is 5.78 Å². The van der Waals surface area contributed by atoms with Crippen LogP contribution in [-0.2, 0) is 27.3 Å². The first kappa shape index (κ1) is 25.4. The van der Waals surface area contributed by atoms with Crippen LogP contribution >= 0.6 is 15.9 Å². The Morgan fingerprint density at radius 2 is 1.86 bits per heavy atom. The number of amides is 3. The molecule has 1 saturated heterocycles. The first-order valence-electron chi connectivity index (χ1n) is 11.6. The normalized spacial score (nSPS) is 14.2. The molecule has 1 fully saturated rings. The van der Waals surface area contributed by atoms with Crippen molar-refractivity contribution < 1.29 is 19.2 Å². The molecule has 4 rings (SSSR count). The van der Waals surface area contributed by atoms with Gasteiger partial charge in [0.05, 0.1) is 6.04 Å². The Kier molecular flexibility index (Phi) is 7.69. The van der Waals surface area contributed by atoms with Gasteiger partial charge in [0, 0.05) is 52.6 Å². The Bertz CT molecular complexity index is 1330. The molecule has 0 radical (unpaired) electrons. The van der Waals surface area contributed by atoms with E-state index in [9.17, 15) is 19.2 Å². The minimum absolute atomic E-state index is 0.0145. The minimum Gasteiger partial charge on any atom is -0.369 e. The summed E-state index contributed by atoms with van der Waals surface area (Å²) in [5.74, 6) is -1.76. The molecule has 8 nitrogen and oxygen atoms in total. The number of ketones is 1. The highest BCUT2D eigenvalue weighted by atomic mass is 79.9. The summed E-state index contributed by atoms with van der Waals surface area (Å²) in [5.41, 5.74) is 7.73. The van der Waals surface area contributed by atoms with Crippen LogP contribution in [0.15, 0.2) is 71.9 Å². The number of nitrogens with one attached hydrogen (secondary N) is 1. The van der Waals surface area contributed by atoms with E-state index in [0.717, 1.165) is 15.6 Å². The monoisotopic (exact) mass is 550 g/mol. The van der Waals surface area contributed by atoms with Gasteiger partial charge in [0.2, 0.25) is 17.7 Å². The van der Waals surface area contributed by atoms with E-state index in [1.165, 1.54) is 6.08 Å². The average Bonchev–Trinajstić information content (AvgIpc) is 3.18. The fraction of sp³-hybridized carbons (Fsp3) is 0.259. The van der Waals surface area contributed by atoms with Crippen LogP contribution in [0, 0.1) is 5.92 Å². The summed E-state index contributed by atoms with van der Waals surface area (Å²) in [6.45, 7) is 4.36. The lowest BCUT2D eigenvalue weighted by molar-refractivity contribution is -0.133. The molecule has 2 aromatic carbocycles. The molecule has 3 aromatic rings. The lowest BCUT2D eigenvalue weighted by atomic mass is 9.91. The SMILES string of the molecule is C=CC(=O)N1CC(NC(=O)Cn2cc(C(=O)C[C@H](Cc3ccccc3)C(N)=O)c3cc(Br)ccc32)C1. The van der Waals surface area contributed by atoms with Gasteiger partial charge in [-0.3, -0.25) is 19.2 Å². The Morgan fingerprint density at radius 1 is 1.14 bits per heavy atom. The maximum Gasteiger partial charge on any atom is 0.246 e. The van der Waals surface area contributed by atoms with Gasteiger partial charge in [-0.05, 0) is 36.3 Å². The topological polar surface area (TPSA) is 114 Å². The van der Waals surface area contributed by atoms with Gasteiger partial charge in [-0.1, -0.05) is 52.8 Å². The fourth-order valence-corrected chi connectivity index (χ4v) is 4.80. The highest BCUT2D eigenvalue weighted by molar-refractivity contribution is 9.10. The number of carbonyl (C=O) groups is 4. The molecule has 9 heteroatoms. The zero-order valence-corrected chi connectivity index (χ0v) is 21.2. The highest BCUT2D eigenvalue weighted by Crippen LogP contribution is 2.28. The van der Waals surface area contributed by atoms with E-state index in [-0.39, 0.29) is 36.6 Å². The minimum atomic E-state index is -0.645. The number of likely N-dealkylation sites (tertiary alicyclic amines) is 1. The Hall–Kier alpha value is -3.72. The smallest absolute Gasteiger partial charge is 0.246 e. The van der Waals surface area contributed by atoms with Crippen LogP contribution < -0.4 is 11.1 Å². The number of primary amides is 1. The van der Waals surface area contributed by atoms with Crippen LogP contribution in [0.4, 0.5) is 0 Å². The fourth-order valence-electron chi connectivity index (χ4n) is 4.44. The third kappa shape index (κ3) is 5.73. The molecule has 0 aliphatic carbocycles. The number of hydrogen-bond acceptors (Lipinski definition) is 4. The van der Waals surface area contributed by atoms with Gasteiger partial charge < -0.3 is 20.5 Å². The molecule has 1 aliphatic rings. The van der Waals surface area contributed by atoms with Gasteiger partial charge in [0.1, 0.15) is 6.54 Å². The molecule has 1 aliphatic heterocycles. The quantitative estimate of drug-likeness (QED) is 0.298. The number of nitrogens with zero attached hydrogens (tertiary/aromatic N) is 2. The van der Waals surface area contributed by atoms with Crippen LogP contribution in [0.25, 0.3) is 10.9 Å². The number of benzene rings is 2. The van der Waals surface area contributed by atoms with Gasteiger partial charge in [0.25, 0.3) is 0 Å². The highest BCUT2D eigenvalue weighted by Gasteiger charge is 2.30. The third-order valence-electron chi connectivity index (χ3n) is 6.35. The van der Waals surface area contributed by atoms with Crippen molar-refractivity contribution in [3.8, 4) is 0 Å². The van der Waals surface area contributed by atoms with Crippen LogP contribution in [0.3, 0.4) is 0 Å². The number of aromatic nitrogens is 1. The van der Waals surface area contributed by atoms with Gasteiger partial charge in [-0.25, -0.2) is 0 Å². The van der Waals surface area contributed by atoms with E-state index in [2.05, 4.69) is 27.8 Å². The molecule has 3 amide bonds. The lowest BCUT2D eigenvalue weighted by Gasteiger charge is -2.38. The van der Waals surface area contributed by atoms with Crippen molar-refractivity contribution in [2.75, 3.05) is 13.1 Å². The van der Waals surface area contributed by atoms with Crippen molar-refractivity contribution in [3.63, 3.8) is 0 Å². The van der Waals surface area contributed by atoms with Crippen LogP contribution in [0.2, 0.25) is 0 Å². The third-order valence-corrected chi connectivity index (χ3v) is 6.84. The first-order valence-corrected chi connectivity index (χ1v) is 12.4. The molecule has 3 N–H and O–H groups in total. The summed E-state index contributed by atoms with van der Waals surface area (Å²) >= 11 is 3.45. The largest absolute Gasteiger partial charge is 0.369 e. The van der Waals surface area contributed by atoms with Crippen molar-refractivity contribution >= 4 is 50.3 Å². The standard InChI is InChI=1S/C27H27BrN4O4/c1-2-26(35)32-13-20(14-32)30-25(34)16-31-15-22(21-12-19(28)8-9-23(21)31)24(33)11-18(27(29)36)10-17-6-4-3-5-7-17/h2-9,12,15,18,20H,1,10-11,13-14,16H2,(H2,29,36)(H,30,34)/t18-/m0/s1. The molecule has 0 unspecified atom stereocenters. The van der Waals surface area contributed by atoms with E-state index >= 15 is 0 Å². The summed E-state index contributed by atoms with van der Waals surface area (Å²) in [4.78, 5) is 51.4. The van der Waals surface area contributed by atoms with Gasteiger partial charge in [-0.2, -0.15) is 0 Å². The van der Waals surface area contributed by atoms with E-state index < -0.39 is 11.8 Å². The Morgan fingerprint density at radius 3 is 2.53 bits per heavy atom. The van der Waals surface area contributed by atoms with Crippen molar-refractivity contribution in [1.82, 2.24) is 14.8 Å². The lowest BCUT2D eigenvalue weighted by Crippen LogP contribution is -2.61. The van der Waals surface area contributed by atoms with Crippen LogP contribution in [0.1, 0.15) is 22.3 Å². The summed E-state index contributed by atoms with van der Waals surface area (Å²) in [7, 11) is 0. The number of halogens is 1. The molecule has 0 bridgehead atoms. The zero-order valence-electron chi connectivity index (χ0n) is 19.7. The molecule has 36 heavy (non-hydrogen) atoms. The summed E-state index contributed by atoms with van der Waals surface area (Å²) < 4.78 is 2.52. The molecule has 0 saturated carbocycles. The van der Waals surface area contributed by atoms with E-state index in [1.807, 2.05) is 48.5 Å². The van der Waals surface area contributed by atoms with Crippen molar-refractivity contribution in [1.29, 1.82) is 0 Å². The maximum atomic E-state index is 13.4. The number of nitrogens with two attached hydrogens (primary N) is 1. The molecule has 0 spiro atoms. The predicted octanol–water partition coefficient (Wildman–Crippen LogP) is 2.83. The molecule has 2 heterocycles. The zero-order chi connectivity index (χ0) is 25.8. The Labute approximate surface area is 217 Å². The second-order valence-corrected chi connectivity index (χ2v) is 9.88. The number of hydrogen-bond donors (Lipinski definition) is 2. The molecular weight excluding hydrogens is 524 g/mol. The second kappa shape index (κ2) is 10.9. The van der Waals surface area contributed by atoms with Crippen LogP contribution in [0.5, 0.6) is 0 Å². The van der Waals surface area contributed by atoms with E-state index in [1.54, 1.807) is 15.7 Å². The number of fused-ring (bicyclic) bond motifs is 1. The number of Topliss-reactive ketones (excluding diaryl/α,β-unsaturated/α-hetero) is 1. The van der Waals surface area contributed by atoms with Crippen molar-refractivity contribution in [3.05, 3.63) is 83.0 Å². The van der Waals surface area contributed by atoms with E-state index in [0.29, 0.717) is 30.5 Å². The predicted molar refractivity (Wildman–Crippen MR) is 140 cm³/mol. The number of carbonyl (C=O) groups excluding carboxylic acids is 4. The summed E-state index contributed by atoms with van der Waals surface area (Å²) in [6, 6.07) is 14.8. The average molecular weight is 551 g/mol. The Balaban J connectivity index is 1.50. The molecule has 186 valence electrons. The number of rotatable bonds is 10. The van der Waals surface area contributed by atoms with E-state index in [4.69, 9.17) is 5.73 Å². The van der Waals surface area contributed by atoms with Gasteiger partial charge in [-0.15, -0.1) is 0 Å². The molecule has 1 atom stereocenters. The van der Waals surface area contributed by atoms with Crippen molar-refractivity contribution in [2.45, 2.75) is 25.4 Å². The molecular formula is C27H27BrN4O4.